The Morgan fingerprint density at radius 1 is 1.56 bits per heavy atom. The van der Waals surface area contributed by atoms with Crippen LogP contribution in [0, 0.1) is 5.92 Å². The average molecular weight is 276 g/mol. The largest absolute Gasteiger partial charge is 0.481 e. The lowest BCUT2D eigenvalue weighted by molar-refractivity contribution is -0.143. The van der Waals surface area contributed by atoms with E-state index in [-0.39, 0.29) is 18.6 Å². The van der Waals surface area contributed by atoms with Crippen LogP contribution in [0.4, 0.5) is 4.79 Å². The van der Waals surface area contributed by atoms with Crippen molar-refractivity contribution in [3.05, 3.63) is 0 Å². The second-order valence-corrected chi connectivity index (χ2v) is 6.19. The highest BCUT2D eigenvalue weighted by molar-refractivity contribution is 7.84. The van der Waals surface area contributed by atoms with E-state index in [0.29, 0.717) is 25.1 Å². The van der Waals surface area contributed by atoms with Crippen LogP contribution in [0.25, 0.3) is 0 Å². The number of carboxylic acid groups (broad SMARTS) is 1. The molecule has 0 aromatic rings. The van der Waals surface area contributed by atoms with Gasteiger partial charge in [-0.3, -0.25) is 9.00 Å². The molecule has 0 aromatic carbocycles. The standard InChI is InChI=1S/C11H20N2O4S/c1-8(7-18(2)17)12-11(16)13-5-3-4-9(6-13)10(14)15/h8-9H,3-7H2,1-2H3,(H,12,16)(H,14,15)/t8?,9-,18?/m0/s1. The summed E-state index contributed by atoms with van der Waals surface area (Å²) < 4.78 is 11.0. The summed E-state index contributed by atoms with van der Waals surface area (Å²) in [6.07, 6.45) is 2.91. The second kappa shape index (κ2) is 6.72. The number of carbonyl (C=O) groups is 2. The van der Waals surface area contributed by atoms with Gasteiger partial charge in [-0.15, -0.1) is 0 Å². The Labute approximate surface area is 109 Å². The Bertz CT molecular complexity index is 348. The predicted octanol–water partition coefficient (Wildman–Crippen LogP) is 0.260. The number of carbonyl (C=O) groups excluding carboxylic acids is 1. The summed E-state index contributed by atoms with van der Waals surface area (Å²) in [7, 11) is -0.959. The fourth-order valence-electron chi connectivity index (χ4n) is 2.06. The van der Waals surface area contributed by atoms with E-state index in [1.54, 1.807) is 13.2 Å². The van der Waals surface area contributed by atoms with Crippen molar-refractivity contribution in [2.45, 2.75) is 25.8 Å². The number of piperidine rings is 1. The smallest absolute Gasteiger partial charge is 0.317 e. The molecule has 2 amide bonds. The van der Waals surface area contributed by atoms with Crippen molar-refractivity contribution < 1.29 is 18.9 Å². The molecule has 0 saturated carbocycles. The fraction of sp³-hybridized carbons (Fsp3) is 0.818. The van der Waals surface area contributed by atoms with Gasteiger partial charge in [0.15, 0.2) is 0 Å². The third-order valence-electron chi connectivity index (χ3n) is 2.91. The molecule has 0 aromatic heterocycles. The number of rotatable bonds is 4. The molecular weight excluding hydrogens is 256 g/mol. The first kappa shape index (κ1) is 14.9. The van der Waals surface area contributed by atoms with Crippen LogP contribution in [0.1, 0.15) is 19.8 Å². The van der Waals surface area contributed by atoms with E-state index in [1.807, 2.05) is 0 Å². The lowest BCUT2D eigenvalue weighted by Gasteiger charge is -2.31. The van der Waals surface area contributed by atoms with Gasteiger partial charge in [0.05, 0.1) is 5.92 Å². The number of likely N-dealkylation sites (tertiary alicyclic amines) is 1. The molecule has 18 heavy (non-hydrogen) atoms. The van der Waals surface area contributed by atoms with Crippen molar-refractivity contribution >= 4 is 22.8 Å². The summed E-state index contributed by atoms with van der Waals surface area (Å²) in [5.74, 6) is -0.919. The van der Waals surface area contributed by atoms with Gasteiger partial charge in [-0.05, 0) is 19.8 Å². The van der Waals surface area contributed by atoms with Gasteiger partial charge in [-0.2, -0.15) is 0 Å². The zero-order chi connectivity index (χ0) is 13.7. The van der Waals surface area contributed by atoms with E-state index in [4.69, 9.17) is 5.11 Å². The molecule has 1 aliphatic heterocycles. The number of hydrogen-bond donors (Lipinski definition) is 2. The first-order chi connectivity index (χ1) is 8.40. The maximum Gasteiger partial charge on any atom is 0.317 e. The lowest BCUT2D eigenvalue weighted by Crippen LogP contribution is -2.50. The van der Waals surface area contributed by atoms with Crippen molar-refractivity contribution in [2.24, 2.45) is 5.92 Å². The van der Waals surface area contributed by atoms with Gasteiger partial charge >= 0.3 is 12.0 Å². The molecular formula is C11H20N2O4S. The highest BCUT2D eigenvalue weighted by atomic mass is 32.2. The predicted molar refractivity (Wildman–Crippen MR) is 68.9 cm³/mol. The molecule has 0 radical (unpaired) electrons. The monoisotopic (exact) mass is 276 g/mol. The topological polar surface area (TPSA) is 86.7 Å². The van der Waals surface area contributed by atoms with Crippen molar-refractivity contribution in [3.8, 4) is 0 Å². The van der Waals surface area contributed by atoms with Crippen LogP contribution >= 0.6 is 0 Å². The van der Waals surface area contributed by atoms with Crippen molar-refractivity contribution in [1.82, 2.24) is 10.2 Å². The number of carboxylic acids is 1. The highest BCUT2D eigenvalue weighted by Gasteiger charge is 2.28. The normalized spacial score (nSPS) is 23.2. The van der Waals surface area contributed by atoms with Gasteiger partial charge in [-0.1, -0.05) is 0 Å². The Kier molecular flexibility index (Phi) is 5.58. The van der Waals surface area contributed by atoms with Gasteiger partial charge in [0, 0.05) is 41.9 Å². The summed E-state index contributed by atoms with van der Waals surface area (Å²) >= 11 is 0. The van der Waals surface area contributed by atoms with Crippen LogP contribution in [-0.2, 0) is 15.6 Å². The summed E-state index contributed by atoms with van der Waals surface area (Å²) in [4.78, 5) is 24.3. The Hall–Kier alpha value is -1.11. The minimum absolute atomic E-state index is 0.173. The molecule has 1 fully saturated rings. The highest BCUT2D eigenvalue weighted by Crippen LogP contribution is 2.16. The number of hydrogen-bond acceptors (Lipinski definition) is 3. The SMILES string of the molecule is CC(CS(C)=O)NC(=O)N1CCC[C@H](C(=O)O)C1. The zero-order valence-electron chi connectivity index (χ0n) is 10.7. The molecule has 1 heterocycles. The summed E-state index contributed by atoms with van der Waals surface area (Å²) in [6.45, 7) is 2.62. The van der Waals surface area contributed by atoms with Crippen LogP contribution in [0.3, 0.4) is 0 Å². The minimum Gasteiger partial charge on any atom is -0.481 e. The number of nitrogens with one attached hydrogen (secondary N) is 1. The van der Waals surface area contributed by atoms with Crippen LogP contribution in [0.5, 0.6) is 0 Å². The van der Waals surface area contributed by atoms with E-state index in [1.165, 1.54) is 4.90 Å². The molecule has 0 spiro atoms. The van der Waals surface area contributed by atoms with Gasteiger partial charge in [0.1, 0.15) is 0 Å². The number of aliphatic carboxylic acids is 1. The van der Waals surface area contributed by atoms with Crippen molar-refractivity contribution in [3.63, 3.8) is 0 Å². The van der Waals surface area contributed by atoms with Gasteiger partial charge < -0.3 is 15.3 Å². The molecule has 0 aliphatic carbocycles. The van der Waals surface area contributed by atoms with Crippen LogP contribution in [0.2, 0.25) is 0 Å². The van der Waals surface area contributed by atoms with Crippen LogP contribution in [-0.4, -0.2) is 57.4 Å². The quantitative estimate of drug-likeness (QED) is 0.771. The Balaban J connectivity index is 2.46. The number of amides is 2. The second-order valence-electron chi connectivity index (χ2n) is 4.71. The summed E-state index contributed by atoms with van der Waals surface area (Å²) in [5.41, 5.74) is 0. The molecule has 3 atom stereocenters. The third-order valence-corrected chi connectivity index (χ3v) is 3.88. The molecule has 6 nitrogen and oxygen atoms in total. The third kappa shape index (κ3) is 4.64. The molecule has 7 heteroatoms. The Morgan fingerprint density at radius 2 is 2.22 bits per heavy atom. The summed E-state index contributed by atoms with van der Waals surface area (Å²) in [6, 6.07) is -0.438. The van der Waals surface area contributed by atoms with Gasteiger partial charge in [0.2, 0.25) is 0 Å². The molecule has 2 unspecified atom stereocenters. The van der Waals surface area contributed by atoms with Crippen molar-refractivity contribution in [2.75, 3.05) is 25.1 Å². The molecule has 1 rings (SSSR count). The van der Waals surface area contributed by atoms with Crippen molar-refractivity contribution in [1.29, 1.82) is 0 Å². The van der Waals surface area contributed by atoms with E-state index in [0.717, 1.165) is 0 Å². The summed E-state index contributed by atoms with van der Waals surface area (Å²) in [5, 5.41) is 11.7. The number of nitrogens with zero attached hydrogens (tertiary/aromatic N) is 1. The fourth-order valence-corrected chi connectivity index (χ4v) is 2.85. The van der Waals surface area contributed by atoms with E-state index in [9.17, 15) is 13.8 Å². The first-order valence-electron chi connectivity index (χ1n) is 5.98. The van der Waals surface area contributed by atoms with E-state index < -0.39 is 22.7 Å². The maximum absolute atomic E-state index is 11.9. The Morgan fingerprint density at radius 3 is 2.78 bits per heavy atom. The van der Waals surface area contributed by atoms with Crippen LogP contribution < -0.4 is 5.32 Å². The molecule has 0 bridgehead atoms. The zero-order valence-corrected chi connectivity index (χ0v) is 11.5. The van der Waals surface area contributed by atoms with E-state index >= 15 is 0 Å². The van der Waals surface area contributed by atoms with Gasteiger partial charge in [-0.25, -0.2) is 4.79 Å². The van der Waals surface area contributed by atoms with Gasteiger partial charge in [0.25, 0.3) is 0 Å². The maximum atomic E-state index is 11.9. The number of urea groups is 1. The average Bonchev–Trinajstić information content (AvgIpc) is 2.27. The molecule has 1 aliphatic rings. The molecule has 104 valence electrons. The lowest BCUT2D eigenvalue weighted by atomic mass is 9.99. The molecule has 2 N–H and O–H groups in total. The minimum atomic E-state index is -0.959. The van der Waals surface area contributed by atoms with Crippen LogP contribution in [0.15, 0.2) is 0 Å². The van der Waals surface area contributed by atoms with E-state index in [2.05, 4.69) is 5.32 Å². The molecule has 1 saturated heterocycles. The first-order valence-corrected chi connectivity index (χ1v) is 7.71.